The Labute approximate surface area is 131 Å². The summed E-state index contributed by atoms with van der Waals surface area (Å²) in [5.41, 5.74) is 1.91. The molecule has 0 saturated heterocycles. The molecule has 0 heterocycles. The highest BCUT2D eigenvalue weighted by molar-refractivity contribution is 7.53. The van der Waals surface area contributed by atoms with E-state index in [-0.39, 0.29) is 18.7 Å². The molecule has 0 spiro atoms. The summed E-state index contributed by atoms with van der Waals surface area (Å²) < 4.78 is 27.5. The molecule has 7 heteroatoms. The number of rotatable bonds is 10. The van der Waals surface area contributed by atoms with Gasteiger partial charge in [-0.15, -0.1) is 0 Å². The molecule has 0 atom stereocenters. The maximum absolute atomic E-state index is 12.4. The average Bonchev–Trinajstić information content (AvgIpc) is 2.49. The molecule has 0 bridgehead atoms. The number of benzene rings is 1. The molecular formula is C15H24NO5P. The van der Waals surface area contributed by atoms with Crippen molar-refractivity contribution < 1.29 is 23.1 Å². The molecule has 22 heavy (non-hydrogen) atoms. The van der Waals surface area contributed by atoms with Crippen LogP contribution in [-0.4, -0.2) is 32.8 Å². The minimum absolute atomic E-state index is 0.169. The van der Waals surface area contributed by atoms with Crippen molar-refractivity contribution in [3.05, 3.63) is 35.4 Å². The van der Waals surface area contributed by atoms with Crippen LogP contribution >= 0.6 is 7.60 Å². The lowest BCUT2D eigenvalue weighted by atomic mass is 10.1. The van der Waals surface area contributed by atoms with E-state index in [9.17, 15) is 9.36 Å². The highest BCUT2D eigenvalue weighted by atomic mass is 31.2. The Bertz CT molecular complexity index is 493. The molecular weight excluding hydrogens is 305 g/mol. The number of methoxy groups -OCH3 is 1. The number of esters is 1. The van der Waals surface area contributed by atoms with Gasteiger partial charge in [-0.2, -0.15) is 0 Å². The van der Waals surface area contributed by atoms with Crippen molar-refractivity contribution in [2.45, 2.75) is 26.6 Å². The van der Waals surface area contributed by atoms with Crippen molar-refractivity contribution in [3.63, 3.8) is 0 Å². The van der Waals surface area contributed by atoms with E-state index >= 15 is 0 Å². The second kappa shape index (κ2) is 9.74. The second-order valence-electron chi connectivity index (χ2n) is 4.60. The second-order valence-corrected chi connectivity index (χ2v) is 6.66. The van der Waals surface area contributed by atoms with Crippen LogP contribution in [0.5, 0.6) is 0 Å². The Kier molecular flexibility index (Phi) is 8.35. The zero-order valence-electron chi connectivity index (χ0n) is 13.3. The van der Waals surface area contributed by atoms with Crippen molar-refractivity contribution in [3.8, 4) is 0 Å². The molecule has 124 valence electrons. The highest BCUT2D eigenvalue weighted by Crippen LogP contribution is 2.51. The van der Waals surface area contributed by atoms with Crippen molar-refractivity contribution in [2.75, 3.05) is 26.9 Å². The first-order chi connectivity index (χ1) is 10.5. The Morgan fingerprint density at radius 3 is 2.14 bits per heavy atom. The van der Waals surface area contributed by atoms with Crippen molar-refractivity contribution in [1.29, 1.82) is 0 Å². The zero-order valence-corrected chi connectivity index (χ0v) is 14.2. The molecule has 0 fully saturated rings. The summed E-state index contributed by atoms with van der Waals surface area (Å²) in [4.78, 5) is 11.0. The van der Waals surface area contributed by atoms with Crippen LogP contribution in [0.25, 0.3) is 0 Å². The fourth-order valence-electron chi connectivity index (χ4n) is 1.89. The summed E-state index contributed by atoms with van der Waals surface area (Å²) in [6.45, 7) is 5.02. The van der Waals surface area contributed by atoms with Crippen LogP contribution in [0.15, 0.2) is 24.3 Å². The summed E-state index contributed by atoms with van der Waals surface area (Å²) in [6, 6.07) is 7.61. The SMILES string of the molecule is CCOP(=O)(Cc1ccc(CNCC(=O)OC)cc1)OCC. The Balaban J connectivity index is 2.56. The summed E-state index contributed by atoms with van der Waals surface area (Å²) in [7, 11) is -1.72. The quantitative estimate of drug-likeness (QED) is 0.525. The summed E-state index contributed by atoms with van der Waals surface area (Å²) in [5, 5.41) is 2.98. The van der Waals surface area contributed by atoms with Gasteiger partial charge in [-0.1, -0.05) is 24.3 Å². The topological polar surface area (TPSA) is 73.9 Å². The molecule has 0 aromatic heterocycles. The normalized spacial score (nSPS) is 11.4. The minimum Gasteiger partial charge on any atom is -0.468 e. The number of nitrogens with one attached hydrogen (secondary N) is 1. The maximum Gasteiger partial charge on any atom is 0.335 e. The molecule has 0 unspecified atom stereocenters. The Morgan fingerprint density at radius 2 is 1.64 bits per heavy atom. The smallest absolute Gasteiger partial charge is 0.335 e. The highest BCUT2D eigenvalue weighted by Gasteiger charge is 2.23. The molecule has 0 radical (unpaired) electrons. The average molecular weight is 329 g/mol. The van der Waals surface area contributed by atoms with E-state index in [1.807, 2.05) is 24.3 Å². The van der Waals surface area contributed by atoms with Crippen molar-refractivity contribution in [1.82, 2.24) is 5.32 Å². The third-order valence-corrected chi connectivity index (χ3v) is 4.93. The van der Waals surface area contributed by atoms with E-state index in [4.69, 9.17) is 9.05 Å². The zero-order chi connectivity index (χ0) is 16.4. The first-order valence-electron chi connectivity index (χ1n) is 7.26. The van der Waals surface area contributed by atoms with Crippen LogP contribution in [0.4, 0.5) is 0 Å². The summed E-state index contributed by atoms with van der Waals surface area (Å²) in [5.74, 6) is -0.300. The molecule has 1 aromatic rings. The van der Waals surface area contributed by atoms with Gasteiger partial charge in [-0.05, 0) is 25.0 Å². The summed E-state index contributed by atoms with van der Waals surface area (Å²) >= 11 is 0. The van der Waals surface area contributed by atoms with Gasteiger partial charge in [0.25, 0.3) is 0 Å². The largest absolute Gasteiger partial charge is 0.468 e. The van der Waals surface area contributed by atoms with Crippen LogP contribution in [-0.2, 0) is 35.9 Å². The van der Waals surface area contributed by atoms with E-state index in [1.165, 1.54) is 7.11 Å². The molecule has 6 nitrogen and oxygen atoms in total. The van der Waals surface area contributed by atoms with Crippen LogP contribution in [0.1, 0.15) is 25.0 Å². The Morgan fingerprint density at radius 1 is 1.09 bits per heavy atom. The minimum atomic E-state index is -3.07. The lowest BCUT2D eigenvalue weighted by Crippen LogP contribution is -2.23. The standard InChI is InChI=1S/C15H24NO5P/c1-4-20-22(18,21-5-2)12-14-8-6-13(7-9-14)10-16-11-15(17)19-3/h6-9,16H,4-5,10-12H2,1-3H3. The van der Waals surface area contributed by atoms with E-state index in [0.29, 0.717) is 19.8 Å². The molecule has 0 amide bonds. The van der Waals surface area contributed by atoms with Crippen LogP contribution in [0.2, 0.25) is 0 Å². The fraction of sp³-hybridized carbons (Fsp3) is 0.533. The van der Waals surface area contributed by atoms with E-state index in [1.54, 1.807) is 13.8 Å². The predicted molar refractivity (Wildman–Crippen MR) is 84.7 cm³/mol. The number of ether oxygens (including phenoxy) is 1. The third kappa shape index (κ3) is 6.71. The predicted octanol–water partition coefficient (Wildman–Crippen LogP) is 2.72. The number of carbonyl (C=O) groups is 1. The van der Waals surface area contributed by atoms with Gasteiger partial charge >= 0.3 is 13.6 Å². The van der Waals surface area contributed by atoms with E-state index in [0.717, 1.165) is 11.1 Å². The van der Waals surface area contributed by atoms with Gasteiger partial charge in [0.05, 0.1) is 33.0 Å². The monoisotopic (exact) mass is 329 g/mol. The van der Waals surface area contributed by atoms with E-state index in [2.05, 4.69) is 10.1 Å². The Hall–Kier alpha value is -1.20. The van der Waals surface area contributed by atoms with Crippen molar-refractivity contribution in [2.24, 2.45) is 0 Å². The van der Waals surface area contributed by atoms with Gasteiger partial charge in [0.2, 0.25) is 0 Å². The fourth-order valence-corrected chi connectivity index (χ4v) is 3.59. The first kappa shape index (κ1) is 18.8. The van der Waals surface area contributed by atoms with Gasteiger partial charge in [-0.3, -0.25) is 9.36 Å². The van der Waals surface area contributed by atoms with E-state index < -0.39 is 7.60 Å². The van der Waals surface area contributed by atoms with Gasteiger partial charge in [0.1, 0.15) is 0 Å². The number of hydrogen-bond acceptors (Lipinski definition) is 6. The van der Waals surface area contributed by atoms with Crippen LogP contribution in [0, 0.1) is 0 Å². The summed E-state index contributed by atoms with van der Waals surface area (Å²) in [6.07, 6.45) is 0.255. The van der Waals surface area contributed by atoms with Crippen LogP contribution in [0.3, 0.4) is 0 Å². The molecule has 1 rings (SSSR count). The van der Waals surface area contributed by atoms with Gasteiger partial charge in [-0.25, -0.2) is 0 Å². The third-order valence-electron chi connectivity index (χ3n) is 2.88. The maximum atomic E-state index is 12.4. The van der Waals surface area contributed by atoms with Gasteiger partial charge in [0.15, 0.2) is 0 Å². The first-order valence-corrected chi connectivity index (χ1v) is 8.99. The van der Waals surface area contributed by atoms with Gasteiger partial charge < -0.3 is 19.1 Å². The molecule has 1 aromatic carbocycles. The van der Waals surface area contributed by atoms with Gasteiger partial charge in [0, 0.05) is 6.54 Å². The lowest BCUT2D eigenvalue weighted by Gasteiger charge is -2.17. The van der Waals surface area contributed by atoms with Crippen molar-refractivity contribution >= 4 is 13.6 Å². The lowest BCUT2D eigenvalue weighted by molar-refractivity contribution is -0.139. The molecule has 1 N–H and O–H groups in total. The molecule has 0 aliphatic carbocycles. The molecule has 0 aliphatic heterocycles. The number of hydrogen-bond donors (Lipinski definition) is 1. The van der Waals surface area contributed by atoms with Crippen LogP contribution < -0.4 is 5.32 Å². The number of carbonyl (C=O) groups excluding carboxylic acids is 1. The molecule has 0 aliphatic rings. The molecule has 0 saturated carbocycles.